The van der Waals surface area contributed by atoms with Crippen LogP contribution in [0.4, 0.5) is 5.82 Å². The number of ketones is 2. The molecule has 3 aliphatic rings. The zero-order valence-corrected chi connectivity index (χ0v) is 36.0. The number of aliphatic hydroxyl groups excluding tert-OH is 1. The highest BCUT2D eigenvalue weighted by Gasteiger charge is 2.61. The van der Waals surface area contributed by atoms with E-state index in [1.807, 2.05) is 44.3 Å². The molecule has 0 saturated carbocycles. The number of likely N-dealkylation sites (N-methyl/N-ethyl adjacent to an activating group) is 1. The molecule has 17 heteroatoms. The normalized spacial score (nSPS) is 38.5. The van der Waals surface area contributed by atoms with Gasteiger partial charge in [0.05, 0.1) is 24.1 Å². The molecule has 318 valence electrons. The second-order valence-electron chi connectivity index (χ2n) is 16.8. The van der Waals surface area contributed by atoms with Gasteiger partial charge in [0.1, 0.15) is 41.0 Å². The monoisotopic (exact) mass is 818 g/mol. The second kappa shape index (κ2) is 18.0. The number of hydrogen-bond acceptors (Lipinski definition) is 16. The van der Waals surface area contributed by atoms with Gasteiger partial charge in [0.2, 0.25) is 0 Å². The van der Waals surface area contributed by atoms with Gasteiger partial charge in [-0.2, -0.15) is 0 Å². The standard InChI is InChI=1S/C40H62N6O10S/c1-12-26-40(8)27(32(37(51)56-40)57-15-13-14-46-19-44-28-34(41)42-18-43-35(28)46)22(4)29(47)20(2)17-39(7,52-11)33(23(5)30(48)24(6)36(50)54-26)55-38-31(49)25(45(9)10)16-21(3)53-38/h18-27,31-33,38,49H,12-17H2,1-11H3,(H2,41,42,43)/t20-,21-,22?,23+,24-,25+,26-,27?,31-,32?,33-,38+,39-,40-/m1/s1. The Morgan fingerprint density at radius 1 is 1.04 bits per heavy atom. The number of thioether (sulfide) groups is 1. The lowest BCUT2D eigenvalue weighted by molar-refractivity contribution is -0.295. The van der Waals surface area contributed by atoms with Crippen LogP contribution in [0.15, 0.2) is 12.7 Å². The number of anilines is 1. The fourth-order valence-electron chi connectivity index (χ4n) is 9.26. The highest BCUT2D eigenvalue weighted by Crippen LogP contribution is 2.49. The van der Waals surface area contributed by atoms with Crippen LogP contribution < -0.4 is 5.73 Å². The number of aliphatic hydroxyl groups is 1. The number of esters is 2. The van der Waals surface area contributed by atoms with Gasteiger partial charge in [-0.3, -0.25) is 19.2 Å². The fraction of sp³-hybridized carbons (Fsp3) is 0.775. The SMILES string of the molecule is CC[C@H]1OC(=O)[C@H](C)C(=O)[C@H](C)[C@@H](O[C@@H]2O[C@H](C)C[C@H](N(C)C)[C@H]2O)[C@](C)(OC)C[C@@H](C)C(=O)C(C)C2C(SCCCn3cnc4c(N)ncnc43)C(=O)O[C@@]21C. The Balaban J connectivity index is 1.46. The first kappa shape index (κ1) is 44.9. The Morgan fingerprint density at radius 3 is 2.39 bits per heavy atom. The Bertz CT molecular complexity index is 1780. The topological polar surface area (TPSA) is 208 Å². The number of aryl methyl sites for hydroxylation is 1. The summed E-state index contributed by atoms with van der Waals surface area (Å²) in [6.45, 7) is 14.5. The van der Waals surface area contributed by atoms with E-state index < -0.39 is 88.4 Å². The van der Waals surface area contributed by atoms with E-state index in [2.05, 4.69) is 15.0 Å². The van der Waals surface area contributed by atoms with Gasteiger partial charge in [0.25, 0.3) is 0 Å². The summed E-state index contributed by atoms with van der Waals surface area (Å²) >= 11 is 1.40. The minimum absolute atomic E-state index is 0.128. The van der Waals surface area contributed by atoms with Crippen molar-refractivity contribution in [3.8, 4) is 0 Å². The van der Waals surface area contributed by atoms with E-state index in [0.29, 0.717) is 42.1 Å². The lowest BCUT2D eigenvalue weighted by Crippen LogP contribution is -2.59. The van der Waals surface area contributed by atoms with Gasteiger partial charge in [-0.25, -0.2) is 15.0 Å². The van der Waals surface area contributed by atoms with Crippen LogP contribution in [-0.4, -0.2) is 133 Å². The molecule has 16 nitrogen and oxygen atoms in total. The number of aromatic nitrogens is 4. The number of Topliss-reactive ketones (excluding diaryl/α,β-unsaturated/α-hetero) is 2. The quantitative estimate of drug-likeness (QED) is 0.200. The molecule has 14 atom stereocenters. The van der Waals surface area contributed by atoms with Crippen molar-refractivity contribution in [2.75, 3.05) is 32.7 Å². The number of carbonyl (C=O) groups is 4. The molecule has 0 radical (unpaired) electrons. The smallest absolute Gasteiger partial charge is 0.320 e. The zero-order chi connectivity index (χ0) is 42.1. The van der Waals surface area contributed by atoms with Gasteiger partial charge in [0.15, 0.2) is 29.1 Å². The van der Waals surface area contributed by atoms with E-state index in [1.165, 1.54) is 32.1 Å². The molecule has 0 aliphatic carbocycles. The Labute approximate surface area is 339 Å². The average molecular weight is 819 g/mol. The van der Waals surface area contributed by atoms with Gasteiger partial charge >= 0.3 is 11.9 Å². The van der Waals surface area contributed by atoms with Gasteiger partial charge in [-0.05, 0) is 73.2 Å². The fourth-order valence-corrected chi connectivity index (χ4v) is 10.7. The molecule has 5 heterocycles. The molecule has 3 aliphatic heterocycles. The molecule has 2 aromatic rings. The number of cyclic esters (lactones) is 1. The van der Waals surface area contributed by atoms with E-state index in [-0.39, 0.29) is 30.8 Å². The van der Waals surface area contributed by atoms with Crippen LogP contribution in [-0.2, 0) is 49.4 Å². The largest absolute Gasteiger partial charge is 0.458 e. The van der Waals surface area contributed by atoms with Crippen LogP contribution in [0.3, 0.4) is 0 Å². The lowest BCUT2D eigenvalue weighted by atomic mass is 9.70. The third-order valence-corrected chi connectivity index (χ3v) is 13.9. The van der Waals surface area contributed by atoms with Crippen molar-refractivity contribution < 1.29 is 48.0 Å². The van der Waals surface area contributed by atoms with E-state index in [9.17, 15) is 24.3 Å². The number of hydrogen-bond donors (Lipinski definition) is 2. The van der Waals surface area contributed by atoms with Crippen molar-refractivity contribution in [2.45, 2.75) is 141 Å². The molecule has 5 rings (SSSR count). The molecular formula is C40H62N6O10S. The molecule has 3 N–H and O–H groups in total. The number of rotatable bonds is 10. The first-order valence-electron chi connectivity index (χ1n) is 20.0. The Kier molecular flexibility index (Phi) is 14.1. The number of methoxy groups -OCH3 is 1. The van der Waals surface area contributed by atoms with Crippen LogP contribution in [0.5, 0.6) is 0 Å². The van der Waals surface area contributed by atoms with Crippen molar-refractivity contribution in [1.82, 2.24) is 24.4 Å². The highest BCUT2D eigenvalue weighted by molar-refractivity contribution is 8.00. The Morgan fingerprint density at radius 2 is 1.74 bits per heavy atom. The minimum Gasteiger partial charge on any atom is -0.458 e. The zero-order valence-electron chi connectivity index (χ0n) is 35.2. The van der Waals surface area contributed by atoms with Crippen LogP contribution in [0.2, 0.25) is 0 Å². The molecular weight excluding hydrogens is 757 g/mol. The molecule has 0 amide bonds. The summed E-state index contributed by atoms with van der Waals surface area (Å²) in [7, 11) is 5.23. The maximum Gasteiger partial charge on any atom is 0.320 e. The summed E-state index contributed by atoms with van der Waals surface area (Å²) in [5.74, 6) is -5.27. The third-order valence-electron chi connectivity index (χ3n) is 12.6. The summed E-state index contributed by atoms with van der Waals surface area (Å²) < 4.78 is 33.1. The first-order valence-corrected chi connectivity index (χ1v) is 21.1. The van der Waals surface area contributed by atoms with Crippen LogP contribution in [0.25, 0.3) is 11.2 Å². The molecule has 0 spiro atoms. The van der Waals surface area contributed by atoms with E-state index >= 15 is 0 Å². The van der Waals surface area contributed by atoms with E-state index in [0.717, 1.165) is 0 Å². The maximum absolute atomic E-state index is 14.7. The number of nitrogens with zero attached hydrogens (tertiary/aromatic N) is 5. The molecule has 3 unspecified atom stereocenters. The van der Waals surface area contributed by atoms with Crippen LogP contribution >= 0.6 is 11.8 Å². The molecule has 3 fully saturated rings. The summed E-state index contributed by atoms with van der Waals surface area (Å²) in [6, 6.07) is -0.283. The van der Waals surface area contributed by atoms with Gasteiger partial charge < -0.3 is 44.0 Å². The predicted molar refractivity (Wildman–Crippen MR) is 213 cm³/mol. The third kappa shape index (κ3) is 8.88. The van der Waals surface area contributed by atoms with Crippen molar-refractivity contribution >= 4 is 52.2 Å². The van der Waals surface area contributed by atoms with Crippen molar-refractivity contribution in [1.29, 1.82) is 0 Å². The van der Waals surface area contributed by atoms with E-state index in [1.54, 1.807) is 34.0 Å². The number of ether oxygens (including phenoxy) is 5. The molecule has 57 heavy (non-hydrogen) atoms. The Hall–Kier alpha value is -3.22. The van der Waals surface area contributed by atoms with Crippen molar-refractivity contribution in [3.63, 3.8) is 0 Å². The summed E-state index contributed by atoms with van der Waals surface area (Å²) in [5, 5.41) is 10.7. The lowest BCUT2D eigenvalue weighted by Gasteiger charge is -2.47. The predicted octanol–water partition coefficient (Wildman–Crippen LogP) is 3.46. The van der Waals surface area contributed by atoms with Crippen LogP contribution in [0.1, 0.15) is 81.1 Å². The van der Waals surface area contributed by atoms with Crippen LogP contribution in [0, 0.1) is 29.6 Å². The van der Waals surface area contributed by atoms with Gasteiger partial charge in [0, 0.05) is 43.4 Å². The van der Waals surface area contributed by atoms with Gasteiger partial charge in [-0.1, -0.05) is 27.7 Å². The molecule has 0 aromatic carbocycles. The number of fused-ring (bicyclic) bond motifs is 2. The molecule has 0 bridgehead atoms. The summed E-state index contributed by atoms with van der Waals surface area (Å²) in [6.07, 6.45) is 0.211. The minimum atomic E-state index is -1.37. The average Bonchev–Trinajstić information content (AvgIpc) is 3.71. The number of nitrogens with two attached hydrogens (primary N) is 1. The van der Waals surface area contributed by atoms with Crippen molar-refractivity contribution in [2.24, 2.45) is 29.6 Å². The number of imidazole rings is 1. The number of carbonyl (C=O) groups excluding carboxylic acids is 4. The molecule has 2 aromatic heterocycles. The molecule has 3 saturated heterocycles. The summed E-state index contributed by atoms with van der Waals surface area (Å²) in [4.78, 5) is 71.4. The second-order valence-corrected chi connectivity index (χ2v) is 18.1. The van der Waals surface area contributed by atoms with E-state index in [4.69, 9.17) is 29.4 Å². The van der Waals surface area contributed by atoms with Gasteiger partial charge in [-0.15, -0.1) is 11.8 Å². The highest BCUT2D eigenvalue weighted by atomic mass is 32.2. The maximum atomic E-state index is 14.7. The van der Waals surface area contributed by atoms with Crippen molar-refractivity contribution in [3.05, 3.63) is 12.7 Å². The first-order chi connectivity index (χ1) is 26.8. The number of nitrogen functional groups attached to an aromatic ring is 1. The summed E-state index contributed by atoms with van der Waals surface area (Å²) in [5.41, 5.74) is 4.45.